The van der Waals surface area contributed by atoms with E-state index in [0.717, 1.165) is 0 Å². The van der Waals surface area contributed by atoms with Crippen molar-refractivity contribution >= 4 is 27.3 Å². The predicted octanol–water partition coefficient (Wildman–Crippen LogP) is 0.964. The number of nitrogens with one attached hydrogen (secondary N) is 1. The van der Waals surface area contributed by atoms with Gasteiger partial charge in [-0.15, -0.1) is 0 Å². The molecule has 2 rings (SSSR count). The zero-order chi connectivity index (χ0) is 14.8. The van der Waals surface area contributed by atoms with Gasteiger partial charge in [-0.05, 0) is 30.8 Å². The molecule has 20 heavy (non-hydrogen) atoms. The molecule has 1 saturated carbocycles. The number of rotatable bonds is 7. The summed E-state index contributed by atoms with van der Waals surface area (Å²) in [6.07, 6.45) is 1.31. The van der Waals surface area contributed by atoms with E-state index in [9.17, 15) is 13.2 Å². The van der Waals surface area contributed by atoms with Gasteiger partial charge in [-0.3, -0.25) is 9.69 Å². The first-order valence-corrected chi connectivity index (χ1v) is 8.85. The van der Waals surface area contributed by atoms with Gasteiger partial charge in [0, 0.05) is 17.5 Å². The lowest BCUT2D eigenvalue weighted by Crippen LogP contribution is -2.54. The van der Waals surface area contributed by atoms with E-state index in [2.05, 4.69) is 4.72 Å². The van der Waals surface area contributed by atoms with Crippen molar-refractivity contribution in [2.24, 2.45) is 0 Å². The maximum atomic E-state index is 12.0. The molecule has 0 radical (unpaired) electrons. The summed E-state index contributed by atoms with van der Waals surface area (Å²) in [6, 6.07) is 1.62. The highest BCUT2D eigenvalue weighted by molar-refractivity contribution is 7.89. The van der Waals surface area contributed by atoms with Crippen LogP contribution in [0.5, 0.6) is 0 Å². The Balaban J connectivity index is 1.86. The quantitative estimate of drug-likeness (QED) is 0.782. The highest BCUT2D eigenvalue weighted by Gasteiger charge is 2.36. The summed E-state index contributed by atoms with van der Waals surface area (Å²) in [4.78, 5) is 12.9. The van der Waals surface area contributed by atoms with E-state index < -0.39 is 16.0 Å². The van der Waals surface area contributed by atoms with Crippen molar-refractivity contribution in [3.05, 3.63) is 16.8 Å². The van der Waals surface area contributed by atoms with Crippen LogP contribution >= 0.6 is 11.3 Å². The van der Waals surface area contributed by atoms with E-state index in [-0.39, 0.29) is 18.6 Å². The van der Waals surface area contributed by atoms with Crippen LogP contribution in [-0.4, -0.2) is 49.6 Å². The summed E-state index contributed by atoms with van der Waals surface area (Å²) < 4.78 is 26.7. The minimum atomic E-state index is -3.43. The molecule has 112 valence electrons. The highest BCUT2D eigenvalue weighted by Crippen LogP contribution is 2.27. The fourth-order valence-electron chi connectivity index (χ4n) is 2.35. The molecule has 0 unspecified atom stereocenters. The summed E-state index contributed by atoms with van der Waals surface area (Å²) >= 11 is 1.34. The molecule has 0 bridgehead atoms. The lowest BCUT2D eigenvalue weighted by atomic mass is 9.86. The van der Waals surface area contributed by atoms with Crippen LogP contribution in [0.2, 0.25) is 0 Å². The number of hydrogen-bond donors (Lipinski definition) is 2. The van der Waals surface area contributed by atoms with Crippen LogP contribution in [0.4, 0.5) is 0 Å². The number of sulfonamides is 1. The van der Waals surface area contributed by atoms with Crippen LogP contribution in [-0.2, 0) is 14.8 Å². The molecular formula is C12H18N2O4S2. The van der Waals surface area contributed by atoms with E-state index >= 15 is 0 Å². The first-order chi connectivity index (χ1) is 9.42. The topological polar surface area (TPSA) is 86.7 Å². The van der Waals surface area contributed by atoms with Crippen LogP contribution in [0.1, 0.15) is 19.8 Å². The Morgan fingerprint density at radius 2 is 2.25 bits per heavy atom. The van der Waals surface area contributed by atoms with Gasteiger partial charge in [-0.2, -0.15) is 11.3 Å². The average molecular weight is 318 g/mol. The van der Waals surface area contributed by atoms with Crippen molar-refractivity contribution in [1.29, 1.82) is 0 Å². The second kappa shape index (κ2) is 6.21. The third kappa shape index (κ3) is 3.57. The third-order valence-electron chi connectivity index (χ3n) is 3.50. The van der Waals surface area contributed by atoms with Gasteiger partial charge in [0.15, 0.2) is 0 Å². The normalized spacial score (nSPS) is 22.7. The van der Waals surface area contributed by atoms with Gasteiger partial charge in [0.05, 0.1) is 11.4 Å². The first-order valence-electron chi connectivity index (χ1n) is 6.42. The Morgan fingerprint density at radius 1 is 1.55 bits per heavy atom. The number of carbonyl (C=O) groups is 1. The smallest absolute Gasteiger partial charge is 0.317 e. The van der Waals surface area contributed by atoms with E-state index in [1.165, 1.54) is 11.3 Å². The number of hydrogen-bond acceptors (Lipinski definition) is 5. The minimum Gasteiger partial charge on any atom is -0.480 e. The fraction of sp³-hybridized carbons (Fsp3) is 0.583. The van der Waals surface area contributed by atoms with E-state index in [4.69, 9.17) is 5.11 Å². The molecule has 1 aromatic heterocycles. The van der Waals surface area contributed by atoms with Gasteiger partial charge in [-0.25, -0.2) is 13.1 Å². The summed E-state index contributed by atoms with van der Waals surface area (Å²) in [5.74, 6) is -0.853. The van der Waals surface area contributed by atoms with Crippen molar-refractivity contribution < 1.29 is 18.3 Å². The molecule has 2 N–H and O–H groups in total. The second-order valence-electron chi connectivity index (χ2n) is 4.86. The first kappa shape index (κ1) is 15.4. The highest BCUT2D eigenvalue weighted by atomic mass is 32.2. The number of likely N-dealkylation sites (N-methyl/N-ethyl adjacent to an activating group) is 1. The number of nitrogens with zero attached hydrogens (tertiary/aromatic N) is 1. The molecule has 1 heterocycles. The zero-order valence-electron chi connectivity index (χ0n) is 11.2. The van der Waals surface area contributed by atoms with Crippen molar-refractivity contribution in [1.82, 2.24) is 9.62 Å². The third-order valence-corrected chi connectivity index (χ3v) is 5.85. The zero-order valence-corrected chi connectivity index (χ0v) is 12.8. The summed E-state index contributed by atoms with van der Waals surface area (Å²) in [5, 5.41) is 12.1. The molecular weight excluding hydrogens is 300 g/mol. The maximum absolute atomic E-state index is 12.0. The average Bonchev–Trinajstić information content (AvgIpc) is 2.85. The molecule has 6 nitrogen and oxygen atoms in total. The van der Waals surface area contributed by atoms with Crippen LogP contribution in [0, 0.1) is 0 Å². The number of carboxylic acids is 1. The molecule has 1 fully saturated rings. The van der Waals surface area contributed by atoms with Crippen LogP contribution in [0.3, 0.4) is 0 Å². The molecule has 0 saturated heterocycles. The summed E-state index contributed by atoms with van der Waals surface area (Å²) in [6.45, 7) is 2.57. The molecule has 0 spiro atoms. The minimum absolute atomic E-state index is 0.00513. The number of carboxylic acid groups (broad SMARTS) is 1. The number of thiophene rings is 1. The Kier molecular flexibility index (Phi) is 4.79. The Labute approximate surface area is 122 Å². The standard InChI is InChI=1S/C12H18N2O4S2/c1-2-14(7-12(15)16)10-5-9(6-10)13-20(17,18)11-3-4-19-8-11/h3-4,8-10,13H,2,5-7H2,1H3,(H,15,16). The lowest BCUT2D eigenvalue weighted by molar-refractivity contribution is -0.139. The molecule has 0 amide bonds. The van der Waals surface area contributed by atoms with E-state index in [1.54, 1.807) is 16.8 Å². The largest absolute Gasteiger partial charge is 0.480 e. The maximum Gasteiger partial charge on any atom is 0.317 e. The second-order valence-corrected chi connectivity index (χ2v) is 7.35. The Hall–Kier alpha value is -0.960. The molecule has 0 atom stereocenters. The fourth-order valence-corrected chi connectivity index (χ4v) is 4.64. The summed E-state index contributed by atoms with van der Waals surface area (Å²) in [7, 11) is -3.43. The van der Waals surface area contributed by atoms with Crippen molar-refractivity contribution in [2.75, 3.05) is 13.1 Å². The SMILES string of the molecule is CCN(CC(=O)O)C1CC(NS(=O)(=O)c2ccsc2)C1. The lowest BCUT2D eigenvalue weighted by Gasteiger charge is -2.41. The summed E-state index contributed by atoms with van der Waals surface area (Å²) in [5.41, 5.74) is 0. The van der Waals surface area contributed by atoms with Gasteiger partial charge < -0.3 is 5.11 Å². The van der Waals surface area contributed by atoms with Crippen molar-refractivity contribution in [3.8, 4) is 0 Å². The van der Waals surface area contributed by atoms with Gasteiger partial charge in [0.2, 0.25) is 10.0 Å². The van der Waals surface area contributed by atoms with Gasteiger partial charge in [-0.1, -0.05) is 6.92 Å². The van der Waals surface area contributed by atoms with Gasteiger partial charge in [0.1, 0.15) is 0 Å². The molecule has 0 aliphatic heterocycles. The van der Waals surface area contributed by atoms with Crippen molar-refractivity contribution in [2.45, 2.75) is 36.7 Å². The van der Waals surface area contributed by atoms with Gasteiger partial charge in [0.25, 0.3) is 0 Å². The monoisotopic (exact) mass is 318 g/mol. The van der Waals surface area contributed by atoms with Crippen molar-refractivity contribution in [3.63, 3.8) is 0 Å². The van der Waals surface area contributed by atoms with Crippen LogP contribution in [0.15, 0.2) is 21.7 Å². The van der Waals surface area contributed by atoms with E-state index in [1.807, 2.05) is 11.8 Å². The van der Waals surface area contributed by atoms with Crippen LogP contribution < -0.4 is 4.72 Å². The molecule has 1 aliphatic rings. The van der Waals surface area contributed by atoms with E-state index in [0.29, 0.717) is 24.3 Å². The Bertz CT molecular complexity index is 550. The molecule has 1 aliphatic carbocycles. The predicted molar refractivity (Wildman–Crippen MR) is 76.3 cm³/mol. The molecule has 8 heteroatoms. The Morgan fingerprint density at radius 3 is 2.75 bits per heavy atom. The van der Waals surface area contributed by atoms with Crippen LogP contribution in [0.25, 0.3) is 0 Å². The number of aliphatic carboxylic acids is 1. The molecule has 0 aromatic carbocycles. The molecule has 1 aromatic rings. The van der Waals surface area contributed by atoms with Gasteiger partial charge >= 0.3 is 5.97 Å².